The van der Waals surface area contributed by atoms with E-state index in [2.05, 4.69) is 26.7 Å². The van der Waals surface area contributed by atoms with E-state index >= 15 is 0 Å². The molecule has 1 aromatic carbocycles. The maximum atomic E-state index is 12.5. The molecule has 2 N–H and O–H groups in total. The number of aryl methyl sites for hydroxylation is 1. The van der Waals surface area contributed by atoms with Gasteiger partial charge in [0.15, 0.2) is 0 Å². The van der Waals surface area contributed by atoms with Gasteiger partial charge in [0, 0.05) is 40.8 Å². The Kier molecular flexibility index (Phi) is 7.39. The number of nitrogens with one attached hydrogen (secondary N) is 2. The van der Waals surface area contributed by atoms with Crippen LogP contribution in [0.15, 0.2) is 60.5 Å². The highest BCUT2D eigenvalue weighted by atomic mass is 32.1. The lowest BCUT2D eigenvalue weighted by atomic mass is 9.91. The Morgan fingerprint density at radius 3 is 2.78 bits per heavy atom. The Balaban J connectivity index is 1.62. The van der Waals surface area contributed by atoms with Crippen LogP contribution in [0.5, 0.6) is 0 Å². The van der Waals surface area contributed by atoms with E-state index < -0.39 is 5.41 Å². The first-order chi connectivity index (χ1) is 15.3. The van der Waals surface area contributed by atoms with Crippen molar-refractivity contribution < 1.29 is 4.79 Å². The summed E-state index contributed by atoms with van der Waals surface area (Å²) in [6.45, 7) is 8.23. The van der Waals surface area contributed by atoms with Gasteiger partial charge in [-0.1, -0.05) is 24.3 Å². The first-order valence-electron chi connectivity index (χ1n) is 10.4. The predicted molar refractivity (Wildman–Crippen MR) is 131 cm³/mol. The second-order valence-corrected chi connectivity index (χ2v) is 9.39. The summed E-state index contributed by atoms with van der Waals surface area (Å²) in [6, 6.07) is 10.1. The number of carbonyl (C=O) groups excluding carboxylic acids is 1. The van der Waals surface area contributed by atoms with Gasteiger partial charge in [0.25, 0.3) is 5.91 Å². The Hall–Kier alpha value is -3.50. The van der Waals surface area contributed by atoms with E-state index in [0.717, 1.165) is 32.2 Å². The Bertz CT molecular complexity index is 1180. The molecular weight excluding hydrogens is 418 g/mol. The number of anilines is 2. The fourth-order valence-electron chi connectivity index (χ4n) is 2.91. The smallest absolute Gasteiger partial charge is 0.251 e. The number of amides is 1. The molecule has 3 aromatic rings. The molecule has 32 heavy (non-hydrogen) atoms. The molecule has 0 aliphatic heterocycles. The van der Waals surface area contributed by atoms with Gasteiger partial charge in [-0.15, -0.1) is 11.3 Å². The maximum Gasteiger partial charge on any atom is 0.251 e. The predicted octanol–water partition coefficient (Wildman–Crippen LogP) is 5.99. The van der Waals surface area contributed by atoms with Gasteiger partial charge in [0.2, 0.25) is 0 Å². The summed E-state index contributed by atoms with van der Waals surface area (Å²) >= 11 is 1.62. The van der Waals surface area contributed by atoms with Gasteiger partial charge >= 0.3 is 0 Å². The van der Waals surface area contributed by atoms with Crippen LogP contribution in [0.1, 0.15) is 37.6 Å². The summed E-state index contributed by atoms with van der Waals surface area (Å²) in [5.74, 6) is -0.161. The lowest BCUT2D eigenvalue weighted by molar-refractivity contribution is -0.112. The highest BCUT2D eigenvalue weighted by Gasteiger charge is 2.13. The van der Waals surface area contributed by atoms with Gasteiger partial charge in [0.05, 0.1) is 11.5 Å². The summed E-state index contributed by atoms with van der Waals surface area (Å²) in [4.78, 5) is 23.3. The maximum absolute atomic E-state index is 12.5. The van der Waals surface area contributed by atoms with E-state index in [9.17, 15) is 4.79 Å². The summed E-state index contributed by atoms with van der Waals surface area (Å²) in [5.41, 5.74) is 3.87. The van der Waals surface area contributed by atoms with Gasteiger partial charge in [0.1, 0.15) is 10.3 Å². The average molecular weight is 446 g/mol. The SMILES string of the molecule is C/C(=C\C=C/CC(C)(C)C#N)C(=O)Nc1ccc(C)c(NCc2cc3nccnc3s2)c1. The van der Waals surface area contributed by atoms with Crippen molar-refractivity contribution >= 4 is 39.0 Å². The van der Waals surface area contributed by atoms with Gasteiger partial charge in [-0.3, -0.25) is 9.78 Å². The van der Waals surface area contributed by atoms with E-state index in [-0.39, 0.29) is 5.91 Å². The number of thiophene rings is 1. The molecule has 6 nitrogen and oxygen atoms in total. The van der Waals surface area contributed by atoms with Crippen molar-refractivity contribution in [2.75, 3.05) is 10.6 Å². The molecular formula is C25H27N5OS. The molecule has 0 unspecified atom stereocenters. The van der Waals surface area contributed by atoms with Crippen LogP contribution in [-0.2, 0) is 11.3 Å². The molecule has 164 valence electrons. The average Bonchev–Trinajstić information content (AvgIpc) is 3.20. The number of hydrogen-bond donors (Lipinski definition) is 2. The number of nitriles is 1. The third-order valence-corrected chi connectivity index (χ3v) is 5.97. The minimum Gasteiger partial charge on any atom is -0.380 e. The minimum atomic E-state index is -0.408. The lowest BCUT2D eigenvalue weighted by Gasteiger charge is -2.12. The Morgan fingerprint density at radius 1 is 1.25 bits per heavy atom. The molecule has 0 fully saturated rings. The zero-order chi connectivity index (χ0) is 23.1. The number of allylic oxidation sites excluding steroid dienone is 3. The van der Waals surface area contributed by atoms with Gasteiger partial charge < -0.3 is 10.6 Å². The van der Waals surface area contributed by atoms with Crippen molar-refractivity contribution in [1.29, 1.82) is 5.26 Å². The molecule has 0 saturated carbocycles. The van der Waals surface area contributed by atoms with Gasteiger partial charge in [-0.2, -0.15) is 5.26 Å². The van der Waals surface area contributed by atoms with Crippen LogP contribution in [0.3, 0.4) is 0 Å². The summed E-state index contributed by atoms with van der Waals surface area (Å²) in [5, 5.41) is 15.5. The second kappa shape index (κ2) is 10.2. The van der Waals surface area contributed by atoms with E-state index in [1.807, 2.05) is 57.2 Å². The fourth-order valence-corrected chi connectivity index (χ4v) is 3.80. The fraction of sp³-hybridized carbons (Fsp3) is 0.280. The van der Waals surface area contributed by atoms with Gasteiger partial charge in [-0.25, -0.2) is 4.98 Å². The molecule has 1 amide bonds. The standard InChI is InChI=1S/C25H27N5OS/c1-17-8-9-19(30-23(31)18(2)7-5-6-10-25(3,4)16-26)13-21(17)29-15-20-14-22-24(32-20)28-12-11-27-22/h5-9,11-14,29H,10,15H2,1-4H3,(H,30,31)/b6-5-,18-7+. The quantitative estimate of drug-likeness (QED) is 0.328. The highest BCUT2D eigenvalue weighted by Crippen LogP contribution is 2.25. The summed E-state index contributed by atoms with van der Waals surface area (Å²) < 4.78 is 0. The molecule has 3 rings (SSSR count). The summed E-state index contributed by atoms with van der Waals surface area (Å²) in [6.07, 6.45) is 9.53. The van der Waals surface area contributed by atoms with Crippen LogP contribution < -0.4 is 10.6 Å². The van der Waals surface area contributed by atoms with Crippen molar-refractivity contribution in [3.8, 4) is 6.07 Å². The van der Waals surface area contributed by atoms with Crippen molar-refractivity contribution in [1.82, 2.24) is 9.97 Å². The van der Waals surface area contributed by atoms with Crippen molar-refractivity contribution in [3.05, 3.63) is 70.9 Å². The zero-order valence-electron chi connectivity index (χ0n) is 18.8. The van der Waals surface area contributed by atoms with Crippen LogP contribution in [-0.4, -0.2) is 15.9 Å². The number of aromatic nitrogens is 2. The third kappa shape index (κ3) is 6.25. The Labute approximate surface area is 192 Å². The highest BCUT2D eigenvalue weighted by molar-refractivity contribution is 7.18. The van der Waals surface area contributed by atoms with E-state index in [1.165, 1.54) is 0 Å². The molecule has 0 saturated heterocycles. The lowest BCUT2D eigenvalue weighted by Crippen LogP contribution is -2.13. The number of carbonyl (C=O) groups is 1. The zero-order valence-corrected chi connectivity index (χ0v) is 19.6. The molecule has 2 heterocycles. The second-order valence-electron chi connectivity index (χ2n) is 8.27. The molecule has 0 aliphatic rings. The van der Waals surface area contributed by atoms with E-state index in [1.54, 1.807) is 36.7 Å². The number of hydrogen-bond acceptors (Lipinski definition) is 6. The van der Waals surface area contributed by atoms with Gasteiger partial charge in [-0.05, 0) is 57.9 Å². The third-order valence-electron chi connectivity index (χ3n) is 4.94. The molecule has 0 radical (unpaired) electrons. The molecule has 0 atom stereocenters. The molecule has 0 aliphatic carbocycles. The number of nitrogens with zero attached hydrogens (tertiary/aromatic N) is 3. The number of benzene rings is 1. The van der Waals surface area contributed by atoms with Crippen LogP contribution >= 0.6 is 11.3 Å². The van der Waals surface area contributed by atoms with Crippen LogP contribution in [0.2, 0.25) is 0 Å². The minimum absolute atomic E-state index is 0.161. The van der Waals surface area contributed by atoms with Crippen LogP contribution in [0, 0.1) is 23.7 Å². The van der Waals surface area contributed by atoms with Crippen molar-refractivity contribution in [2.45, 2.75) is 40.7 Å². The molecule has 2 aromatic heterocycles. The Morgan fingerprint density at radius 2 is 2.03 bits per heavy atom. The first-order valence-corrected chi connectivity index (χ1v) is 11.2. The molecule has 0 spiro atoms. The van der Waals surface area contributed by atoms with Crippen LogP contribution in [0.25, 0.3) is 10.3 Å². The van der Waals surface area contributed by atoms with Crippen molar-refractivity contribution in [3.63, 3.8) is 0 Å². The van der Waals surface area contributed by atoms with Crippen molar-refractivity contribution in [2.24, 2.45) is 5.41 Å². The monoisotopic (exact) mass is 445 g/mol. The topological polar surface area (TPSA) is 90.7 Å². The number of fused-ring (bicyclic) bond motifs is 1. The van der Waals surface area contributed by atoms with E-state index in [0.29, 0.717) is 18.5 Å². The first kappa shape index (κ1) is 23.2. The molecule has 7 heteroatoms. The summed E-state index contributed by atoms with van der Waals surface area (Å²) in [7, 11) is 0. The number of rotatable bonds is 8. The van der Waals surface area contributed by atoms with E-state index in [4.69, 9.17) is 5.26 Å². The van der Waals surface area contributed by atoms with Crippen LogP contribution in [0.4, 0.5) is 11.4 Å². The largest absolute Gasteiger partial charge is 0.380 e. The normalized spacial score (nSPS) is 12.2. The molecule has 0 bridgehead atoms.